The molecule has 0 spiro atoms. The number of sulfonamides is 1. The Morgan fingerprint density at radius 1 is 1.30 bits per heavy atom. The molecule has 0 unspecified atom stereocenters. The third-order valence-corrected chi connectivity index (χ3v) is 4.21. The van der Waals surface area contributed by atoms with E-state index >= 15 is 0 Å². The van der Waals surface area contributed by atoms with Crippen LogP contribution in [0.4, 0.5) is 4.39 Å². The first-order chi connectivity index (χ1) is 9.21. The molecule has 0 aromatic heterocycles. The van der Waals surface area contributed by atoms with E-state index in [-0.39, 0.29) is 31.0 Å². The summed E-state index contributed by atoms with van der Waals surface area (Å²) in [6, 6.07) is 3.17. The van der Waals surface area contributed by atoms with Gasteiger partial charge in [0.05, 0.1) is 5.75 Å². The van der Waals surface area contributed by atoms with Crippen LogP contribution in [0.2, 0.25) is 0 Å². The normalized spacial score (nSPS) is 11.6. The standard InChI is InChI=1S/C13H18FNO4S/c1-9-6-11(7-10(2)13(9)14)8-15-20(18,19)5-3-4-12(16)17/h6-7,15H,3-5,8H2,1-2H3,(H,16,17). The number of rotatable bonds is 7. The summed E-state index contributed by atoms with van der Waals surface area (Å²) in [6.07, 6.45) is -0.123. The zero-order valence-corrected chi connectivity index (χ0v) is 12.3. The Hall–Kier alpha value is -1.47. The van der Waals surface area contributed by atoms with Gasteiger partial charge >= 0.3 is 5.97 Å². The second-order valence-corrected chi connectivity index (χ2v) is 6.61. The molecule has 0 saturated carbocycles. The number of aryl methyl sites for hydroxylation is 2. The number of hydrogen-bond acceptors (Lipinski definition) is 3. The smallest absolute Gasteiger partial charge is 0.303 e. The summed E-state index contributed by atoms with van der Waals surface area (Å²) in [5.74, 6) is -1.55. The van der Waals surface area contributed by atoms with Gasteiger partial charge in [-0.1, -0.05) is 12.1 Å². The van der Waals surface area contributed by atoms with Crippen molar-refractivity contribution in [2.75, 3.05) is 5.75 Å². The number of nitrogens with one attached hydrogen (secondary N) is 1. The van der Waals surface area contributed by atoms with E-state index in [1.165, 1.54) is 0 Å². The summed E-state index contributed by atoms with van der Waals surface area (Å²) in [6.45, 7) is 3.30. The van der Waals surface area contributed by atoms with Crippen molar-refractivity contribution < 1.29 is 22.7 Å². The van der Waals surface area contributed by atoms with Crippen LogP contribution in [0.1, 0.15) is 29.5 Å². The van der Waals surface area contributed by atoms with E-state index < -0.39 is 16.0 Å². The Labute approximate surface area is 117 Å². The lowest BCUT2D eigenvalue weighted by Gasteiger charge is -2.09. The van der Waals surface area contributed by atoms with Crippen LogP contribution in [0, 0.1) is 19.7 Å². The predicted molar refractivity (Wildman–Crippen MR) is 73.4 cm³/mol. The number of hydrogen-bond donors (Lipinski definition) is 2. The Morgan fingerprint density at radius 2 is 1.85 bits per heavy atom. The van der Waals surface area contributed by atoms with Crippen LogP contribution in [0.25, 0.3) is 0 Å². The summed E-state index contributed by atoms with van der Waals surface area (Å²) in [4.78, 5) is 10.3. The molecule has 0 radical (unpaired) electrons. The summed E-state index contributed by atoms with van der Waals surface area (Å²) in [7, 11) is -3.52. The fourth-order valence-corrected chi connectivity index (χ4v) is 2.87. The first-order valence-electron chi connectivity index (χ1n) is 6.16. The zero-order chi connectivity index (χ0) is 15.3. The highest BCUT2D eigenvalue weighted by Gasteiger charge is 2.12. The second-order valence-electron chi connectivity index (χ2n) is 4.68. The highest BCUT2D eigenvalue weighted by molar-refractivity contribution is 7.89. The maximum Gasteiger partial charge on any atom is 0.303 e. The first kappa shape index (κ1) is 16.6. The average molecular weight is 303 g/mol. The van der Waals surface area contributed by atoms with Gasteiger partial charge in [0.25, 0.3) is 0 Å². The van der Waals surface area contributed by atoms with E-state index in [4.69, 9.17) is 5.11 Å². The molecule has 0 heterocycles. The Kier molecular flexibility index (Phi) is 5.64. The molecule has 112 valence electrons. The van der Waals surface area contributed by atoms with Crippen LogP contribution < -0.4 is 4.72 Å². The minimum Gasteiger partial charge on any atom is -0.481 e. The second kappa shape index (κ2) is 6.81. The van der Waals surface area contributed by atoms with Crippen molar-refractivity contribution >= 4 is 16.0 Å². The molecule has 1 aromatic rings. The largest absolute Gasteiger partial charge is 0.481 e. The monoisotopic (exact) mass is 303 g/mol. The fourth-order valence-electron chi connectivity index (χ4n) is 1.82. The van der Waals surface area contributed by atoms with Gasteiger partial charge in [0.1, 0.15) is 5.82 Å². The zero-order valence-electron chi connectivity index (χ0n) is 11.4. The van der Waals surface area contributed by atoms with Crippen LogP contribution in [0.5, 0.6) is 0 Å². The molecule has 1 aromatic carbocycles. The third kappa shape index (κ3) is 5.26. The maximum absolute atomic E-state index is 13.4. The van der Waals surface area contributed by atoms with E-state index in [2.05, 4.69) is 4.72 Å². The molecular weight excluding hydrogens is 285 g/mol. The van der Waals surface area contributed by atoms with Crippen LogP contribution >= 0.6 is 0 Å². The van der Waals surface area contributed by atoms with Crippen LogP contribution in [-0.4, -0.2) is 25.2 Å². The molecule has 0 bridgehead atoms. The van der Waals surface area contributed by atoms with Gasteiger partial charge in [0.15, 0.2) is 0 Å². The van der Waals surface area contributed by atoms with Gasteiger partial charge in [-0.3, -0.25) is 4.79 Å². The number of aliphatic carboxylic acids is 1. The van der Waals surface area contributed by atoms with E-state index in [9.17, 15) is 17.6 Å². The van der Waals surface area contributed by atoms with E-state index in [1.54, 1.807) is 26.0 Å². The van der Waals surface area contributed by atoms with Crippen LogP contribution in [-0.2, 0) is 21.4 Å². The molecule has 1 rings (SSSR count). The number of halogens is 1. The summed E-state index contributed by atoms with van der Waals surface area (Å²) >= 11 is 0. The molecule has 0 saturated heterocycles. The van der Waals surface area contributed by atoms with Gasteiger partial charge in [-0.2, -0.15) is 0 Å². The summed E-state index contributed by atoms with van der Waals surface area (Å²) < 4.78 is 39.1. The molecule has 2 N–H and O–H groups in total. The van der Waals surface area contributed by atoms with Crippen molar-refractivity contribution in [1.29, 1.82) is 0 Å². The van der Waals surface area contributed by atoms with Crippen molar-refractivity contribution in [3.63, 3.8) is 0 Å². The van der Waals surface area contributed by atoms with Crippen molar-refractivity contribution in [3.05, 3.63) is 34.6 Å². The van der Waals surface area contributed by atoms with Gasteiger partial charge in [-0.25, -0.2) is 17.5 Å². The summed E-state index contributed by atoms with van der Waals surface area (Å²) in [5.41, 5.74) is 1.60. The minimum absolute atomic E-state index is 0.0616. The van der Waals surface area contributed by atoms with Crippen molar-refractivity contribution in [2.45, 2.75) is 33.2 Å². The lowest BCUT2D eigenvalue weighted by Crippen LogP contribution is -2.26. The SMILES string of the molecule is Cc1cc(CNS(=O)(=O)CCCC(=O)O)cc(C)c1F. The number of carboxylic acids is 1. The van der Waals surface area contributed by atoms with Gasteiger partial charge in [-0.15, -0.1) is 0 Å². The van der Waals surface area contributed by atoms with Crippen molar-refractivity contribution in [2.24, 2.45) is 0 Å². The fraction of sp³-hybridized carbons (Fsp3) is 0.462. The molecule has 7 heteroatoms. The number of carbonyl (C=O) groups is 1. The maximum atomic E-state index is 13.4. The van der Waals surface area contributed by atoms with Crippen LogP contribution in [0.3, 0.4) is 0 Å². The number of benzene rings is 1. The van der Waals surface area contributed by atoms with Gasteiger partial charge in [0, 0.05) is 13.0 Å². The molecular formula is C13H18FNO4S. The first-order valence-corrected chi connectivity index (χ1v) is 7.81. The quantitative estimate of drug-likeness (QED) is 0.803. The van der Waals surface area contributed by atoms with E-state index in [0.717, 1.165) is 0 Å². The van der Waals surface area contributed by atoms with Crippen molar-refractivity contribution in [3.8, 4) is 0 Å². The molecule has 20 heavy (non-hydrogen) atoms. The Bertz CT molecular complexity index is 575. The highest BCUT2D eigenvalue weighted by atomic mass is 32.2. The molecule has 5 nitrogen and oxygen atoms in total. The van der Waals surface area contributed by atoms with Gasteiger partial charge < -0.3 is 5.11 Å². The van der Waals surface area contributed by atoms with E-state index in [0.29, 0.717) is 16.7 Å². The van der Waals surface area contributed by atoms with Crippen LogP contribution in [0.15, 0.2) is 12.1 Å². The lowest BCUT2D eigenvalue weighted by molar-refractivity contribution is -0.137. The topological polar surface area (TPSA) is 83.5 Å². The summed E-state index contributed by atoms with van der Waals surface area (Å²) in [5, 5.41) is 8.45. The number of carboxylic acid groups (broad SMARTS) is 1. The molecule has 0 atom stereocenters. The highest BCUT2D eigenvalue weighted by Crippen LogP contribution is 2.14. The van der Waals surface area contributed by atoms with Crippen molar-refractivity contribution in [1.82, 2.24) is 4.72 Å². The molecule has 0 aliphatic heterocycles. The molecule has 0 aliphatic rings. The third-order valence-electron chi connectivity index (χ3n) is 2.80. The molecule has 0 amide bonds. The minimum atomic E-state index is -3.52. The van der Waals surface area contributed by atoms with Gasteiger partial charge in [0.2, 0.25) is 10.0 Å². The lowest BCUT2D eigenvalue weighted by atomic mass is 10.1. The molecule has 0 aliphatic carbocycles. The Balaban J connectivity index is 2.60. The van der Waals surface area contributed by atoms with E-state index in [1.807, 2.05) is 0 Å². The predicted octanol–water partition coefficient (Wildman–Crippen LogP) is 1.73. The Morgan fingerprint density at radius 3 is 2.35 bits per heavy atom. The van der Waals surface area contributed by atoms with Gasteiger partial charge in [-0.05, 0) is 37.0 Å². The average Bonchev–Trinajstić information content (AvgIpc) is 2.32. The molecule has 0 fully saturated rings.